The number of benzene rings is 2. The molecule has 1 fully saturated rings. The van der Waals surface area contributed by atoms with E-state index in [1.54, 1.807) is 21.5 Å². The molecule has 1 saturated heterocycles. The lowest BCUT2D eigenvalue weighted by molar-refractivity contribution is 0.0343. The van der Waals surface area contributed by atoms with Crippen molar-refractivity contribution in [2.75, 3.05) is 26.3 Å². The molecule has 1 aliphatic heterocycles. The Kier molecular flexibility index (Phi) is 11.0. The molecule has 7 rings (SSSR count). The molecular formula is C40H49N11O4. The fourth-order valence-corrected chi connectivity index (χ4v) is 7.54. The summed E-state index contributed by atoms with van der Waals surface area (Å²) in [5.74, 6) is -0.759. The number of nitrogens with zero attached hydrogens (tertiary/aromatic N) is 11. The molecule has 55 heavy (non-hydrogen) atoms. The van der Waals surface area contributed by atoms with E-state index >= 15 is 0 Å². The number of allylic oxidation sites excluding steroid dienone is 2. The topological polar surface area (TPSA) is 147 Å². The van der Waals surface area contributed by atoms with E-state index in [1.165, 1.54) is 0 Å². The summed E-state index contributed by atoms with van der Waals surface area (Å²) in [4.78, 5) is 39.2. The quantitative estimate of drug-likeness (QED) is 0.200. The first-order chi connectivity index (χ1) is 26.6. The Labute approximate surface area is 318 Å². The molecule has 0 aliphatic carbocycles. The van der Waals surface area contributed by atoms with Gasteiger partial charge in [0.15, 0.2) is 0 Å². The van der Waals surface area contributed by atoms with Crippen LogP contribution in [0.4, 0.5) is 0 Å². The van der Waals surface area contributed by atoms with E-state index in [0.29, 0.717) is 62.0 Å². The fraction of sp³-hybridized carbons (Fsp3) is 0.400. The molecule has 0 saturated carbocycles. The number of carbonyl (C=O) groups is 2. The van der Waals surface area contributed by atoms with E-state index in [9.17, 15) is 14.7 Å². The van der Waals surface area contributed by atoms with Crippen molar-refractivity contribution in [2.24, 2.45) is 24.1 Å². The van der Waals surface area contributed by atoms with Crippen LogP contribution in [0.3, 0.4) is 0 Å². The average molecular weight is 748 g/mol. The predicted octanol–water partition coefficient (Wildman–Crippen LogP) is 3.39. The van der Waals surface area contributed by atoms with Crippen LogP contribution in [0.2, 0.25) is 0 Å². The second kappa shape index (κ2) is 16.0. The second-order valence-corrected chi connectivity index (χ2v) is 13.8. The molecular weight excluding hydrogens is 699 g/mol. The third kappa shape index (κ3) is 7.30. The maximum Gasteiger partial charge on any atom is 0.298 e. The van der Waals surface area contributed by atoms with Crippen molar-refractivity contribution < 1.29 is 19.4 Å². The van der Waals surface area contributed by atoms with Gasteiger partial charge in [0.1, 0.15) is 11.4 Å². The zero-order valence-corrected chi connectivity index (χ0v) is 32.4. The highest BCUT2D eigenvalue weighted by molar-refractivity contribution is 5.94. The van der Waals surface area contributed by atoms with E-state index in [1.807, 2.05) is 85.8 Å². The highest BCUT2D eigenvalue weighted by Crippen LogP contribution is 2.22. The number of morpholine rings is 1. The number of carbonyl (C=O) groups excluding carboxylic acids is 2. The van der Waals surface area contributed by atoms with Gasteiger partial charge in [-0.1, -0.05) is 36.4 Å². The standard InChI is InChI=1S/C40H49N11O4/c1-7-50-33(23-27(3)43-50)37(53)41-39-45(5)31-15-11-13-29(25-47-19-21-55-22-20-47)35(31)48(39)17-9-10-18-49-36-30(26-52)14-12-16-32(36)46(6)40(49)42-38(54)34-24-28(4)44-51(34)8-2/h9-16,23-24,52H,7-8,17-22,25-26H2,1-6H3/b10-9+,41-39+,42-40+. The van der Waals surface area contributed by atoms with Crippen molar-refractivity contribution in [1.82, 2.24) is 42.7 Å². The summed E-state index contributed by atoms with van der Waals surface area (Å²) < 4.78 is 16.9. The first-order valence-electron chi connectivity index (χ1n) is 18.8. The number of aromatic nitrogens is 8. The Morgan fingerprint density at radius 2 is 1.24 bits per heavy atom. The Morgan fingerprint density at radius 1 is 0.764 bits per heavy atom. The van der Waals surface area contributed by atoms with Gasteiger partial charge >= 0.3 is 0 Å². The van der Waals surface area contributed by atoms with Gasteiger partial charge in [-0.2, -0.15) is 20.2 Å². The Balaban J connectivity index is 1.32. The van der Waals surface area contributed by atoms with E-state index in [0.717, 1.165) is 64.2 Å². The van der Waals surface area contributed by atoms with E-state index in [2.05, 4.69) is 42.9 Å². The van der Waals surface area contributed by atoms with Crippen LogP contribution in [0.5, 0.6) is 0 Å². The molecule has 1 N–H and O–H groups in total. The minimum Gasteiger partial charge on any atom is -0.392 e. The third-order valence-corrected chi connectivity index (χ3v) is 10.2. The van der Waals surface area contributed by atoms with Gasteiger partial charge in [0, 0.05) is 65.5 Å². The fourth-order valence-electron chi connectivity index (χ4n) is 7.54. The molecule has 4 aromatic heterocycles. The summed E-state index contributed by atoms with van der Waals surface area (Å²) in [6, 6.07) is 15.5. The molecule has 5 heterocycles. The Bertz CT molecular complexity index is 2570. The minimum atomic E-state index is -0.397. The van der Waals surface area contributed by atoms with E-state index < -0.39 is 5.91 Å². The third-order valence-electron chi connectivity index (χ3n) is 10.2. The molecule has 0 bridgehead atoms. The maximum absolute atomic E-state index is 13.8. The smallest absolute Gasteiger partial charge is 0.298 e. The summed E-state index contributed by atoms with van der Waals surface area (Å²) in [6.45, 7) is 13.1. The number of aliphatic hydroxyl groups excluding tert-OH is 1. The van der Waals surface area contributed by atoms with Crippen LogP contribution in [-0.2, 0) is 58.2 Å². The predicted molar refractivity (Wildman–Crippen MR) is 208 cm³/mol. The normalized spacial score (nSPS) is 14.7. The van der Waals surface area contributed by atoms with Gasteiger partial charge in [0.2, 0.25) is 11.2 Å². The molecule has 288 valence electrons. The van der Waals surface area contributed by atoms with Gasteiger partial charge in [-0.05, 0) is 57.5 Å². The lowest BCUT2D eigenvalue weighted by Crippen LogP contribution is -2.35. The van der Waals surface area contributed by atoms with E-state index in [-0.39, 0.29) is 12.5 Å². The van der Waals surface area contributed by atoms with Crippen molar-refractivity contribution in [2.45, 2.75) is 67.0 Å². The SMILES string of the molecule is CCn1nc(C)cc1C(=O)/N=c1\n(C)c2cccc(CO)c2n1C/C=C/Cn1/c(=N/C(=O)c2cc(C)nn2CC)n(C)c2cccc(CN3CCOCC3)c21. The Hall–Kier alpha value is -5.64. The zero-order chi connectivity index (χ0) is 38.8. The van der Waals surface area contributed by atoms with Gasteiger partial charge in [-0.3, -0.25) is 23.9 Å². The number of aliphatic hydroxyl groups is 1. The van der Waals surface area contributed by atoms with Crippen LogP contribution in [0.25, 0.3) is 22.1 Å². The van der Waals surface area contributed by atoms with Gasteiger partial charge in [0.25, 0.3) is 11.8 Å². The highest BCUT2D eigenvalue weighted by atomic mass is 16.5. The van der Waals surface area contributed by atoms with Crippen molar-refractivity contribution in [3.63, 3.8) is 0 Å². The van der Waals surface area contributed by atoms with Crippen LogP contribution in [0.15, 0.2) is 70.7 Å². The first kappa shape index (κ1) is 37.7. The van der Waals surface area contributed by atoms with Crippen molar-refractivity contribution in [3.8, 4) is 0 Å². The van der Waals surface area contributed by atoms with Crippen LogP contribution in [0.1, 0.15) is 57.3 Å². The largest absolute Gasteiger partial charge is 0.392 e. The number of imidazole rings is 2. The summed E-state index contributed by atoms with van der Waals surface area (Å²) in [5.41, 5.74) is 8.76. The molecule has 6 aromatic rings. The van der Waals surface area contributed by atoms with Gasteiger partial charge in [0.05, 0.1) is 53.3 Å². The summed E-state index contributed by atoms with van der Waals surface area (Å²) >= 11 is 0. The summed E-state index contributed by atoms with van der Waals surface area (Å²) in [7, 11) is 3.81. The molecule has 0 atom stereocenters. The summed E-state index contributed by atoms with van der Waals surface area (Å²) in [6.07, 6.45) is 4.07. The van der Waals surface area contributed by atoms with Gasteiger partial charge in [-0.25, -0.2) is 0 Å². The number of fused-ring (bicyclic) bond motifs is 2. The van der Waals surface area contributed by atoms with Gasteiger partial charge < -0.3 is 28.1 Å². The number of hydrogen-bond acceptors (Lipinski definition) is 7. The Morgan fingerprint density at radius 3 is 1.71 bits per heavy atom. The molecule has 0 radical (unpaired) electrons. The zero-order valence-electron chi connectivity index (χ0n) is 32.4. The first-order valence-corrected chi connectivity index (χ1v) is 18.8. The lowest BCUT2D eigenvalue weighted by Gasteiger charge is -2.27. The maximum atomic E-state index is 13.8. The summed E-state index contributed by atoms with van der Waals surface area (Å²) in [5, 5.41) is 19.3. The van der Waals surface area contributed by atoms with Crippen LogP contribution < -0.4 is 11.2 Å². The molecule has 0 spiro atoms. The van der Waals surface area contributed by atoms with Crippen LogP contribution in [-0.4, -0.2) is 86.0 Å². The molecule has 15 heteroatoms. The number of para-hydroxylation sites is 2. The monoisotopic (exact) mass is 747 g/mol. The molecule has 15 nitrogen and oxygen atoms in total. The lowest BCUT2D eigenvalue weighted by atomic mass is 10.1. The number of amides is 2. The number of hydrogen-bond donors (Lipinski definition) is 1. The average Bonchev–Trinajstić information content (AvgIpc) is 3.92. The molecule has 2 amide bonds. The van der Waals surface area contributed by atoms with Crippen molar-refractivity contribution in [3.05, 3.63) is 106 Å². The van der Waals surface area contributed by atoms with Crippen LogP contribution >= 0.6 is 0 Å². The molecule has 0 unspecified atom stereocenters. The van der Waals surface area contributed by atoms with E-state index in [4.69, 9.17) is 9.73 Å². The number of rotatable bonds is 11. The van der Waals surface area contributed by atoms with Crippen molar-refractivity contribution >= 4 is 33.9 Å². The van der Waals surface area contributed by atoms with Crippen LogP contribution in [0, 0.1) is 13.8 Å². The number of aryl methyl sites for hydroxylation is 6. The molecule has 1 aliphatic rings. The van der Waals surface area contributed by atoms with Crippen molar-refractivity contribution in [1.29, 1.82) is 0 Å². The second-order valence-electron chi connectivity index (χ2n) is 13.8. The highest BCUT2D eigenvalue weighted by Gasteiger charge is 2.20. The minimum absolute atomic E-state index is 0.173. The van der Waals surface area contributed by atoms with Gasteiger partial charge in [-0.15, -0.1) is 0 Å². The number of ether oxygens (including phenoxy) is 1. The molecule has 2 aromatic carbocycles.